The second-order valence-electron chi connectivity index (χ2n) is 11.2. The van der Waals surface area contributed by atoms with Crippen LogP contribution in [0.1, 0.15) is 37.4 Å². The fourth-order valence-corrected chi connectivity index (χ4v) is 6.72. The van der Waals surface area contributed by atoms with E-state index in [1.165, 1.54) is 12.0 Å². The van der Waals surface area contributed by atoms with Gasteiger partial charge in [0.05, 0.1) is 23.3 Å². The second kappa shape index (κ2) is 10.7. The summed E-state index contributed by atoms with van der Waals surface area (Å²) in [5.41, 5.74) is 3.30. The number of fused-ring (bicyclic) bond motifs is 2. The van der Waals surface area contributed by atoms with E-state index in [1.807, 2.05) is 17.0 Å². The summed E-state index contributed by atoms with van der Waals surface area (Å²) in [6.07, 6.45) is 6.43. The van der Waals surface area contributed by atoms with E-state index in [-0.39, 0.29) is 12.1 Å². The van der Waals surface area contributed by atoms with E-state index in [4.69, 9.17) is 26.3 Å². The number of aromatic nitrogens is 2. The normalized spacial score (nSPS) is 23.2. The van der Waals surface area contributed by atoms with Gasteiger partial charge >= 0.3 is 6.01 Å². The molecule has 4 heterocycles. The van der Waals surface area contributed by atoms with E-state index in [1.54, 1.807) is 0 Å². The highest BCUT2D eigenvalue weighted by Gasteiger charge is 2.34. The molecule has 2 fully saturated rings. The first kappa shape index (κ1) is 26.0. The van der Waals surface area contributed by atoms with Crippen molar-refractivity contribution in [1.29, 1.82) is 5.26 Å². The fraction of sp³-hybridized carbons (Fsp3) is 0.500. The third kappa shape index (κ3) is 4.94. The molecule has 3 atom stereocenters. The van der Waals surface area contributed by atoms with Gasteiger partial charge in [0.15, 0.2) is 6.19 Å². The molecule has 0 bridgehead atoms. The van der Waals surface area contributed by atoms with Crippen LogP contribution in [0.25, 0.3) is 10.8 Å². The number of ether oxygens (including phenoxy) is 1. The molecule has 3 aliphatic heterocycles. The molecule has 0 spiro atoms. The lowest BCUT2D eigenvalue weighted by molar-refractivity contribution is 0.187. The SMILES string of the molecule is C[C@@H]1C[C@@H](N(C)c2nc(OCC3CCCN3C)nc3c2CCN(c2cccc4cccc(Cl)c24)C3)CN1C#N. The van der Waals surface area contributed by atoms with Crippen LogP contribution in [0.2, 0.25) is 5.02 Å². The summed E-state index contributed by atoms with van der Waals surface area (Å²) >= 11 is 6.69. The number of halogens is 1. The van der Waals surface area contributed by atoms with Gasteiger partial charge in [-0.25, -0.2) is 0 Å². The highest BCUT2D eigenvalue weighted by molar-refractivity contribution is 6.36. The summed E-state index contributed by atoms with van der Waals surface area (Å²) in [6.45, 7) is 6.02. The average Bonchev–Trinajstić information content (AvgIpc) is 3.54. The van der Waals surface area contributed by atoms with Crippen LogP contribution in [0, 0.1) is 11.5 Å². The number of benzene rings is 2. The van der Waals surface area contributed by atoms with Gasteiger partial charge in [-0.2, -0.15) is 15.2 Å². The van der Waals surface area contributed by atoms with Gasteiger partial charge in [-0.1, -0.05) is 35.9 Å². The van der Waals surface area contributed by atoms with Gasteiger partial charge < -0.3 is 24.3 Å². The minimum absolute atomic E-state index is 0.211. The smallest absolute Gasteiger partial charge is 0.318 e. The zero-order valence-electron chi connectivity index (χ0n) is 23.0. The maximum absolute atomic E-state index is 9.56. The van der Waals surface area contributed by atoms with E-state index in [0.29, 0.717) is 31.7 Å². The molecule has 2 aromatic carbocycles. The van der Waals surface area contributed by atoms with Crippen LogP contribution in [-0.2, 0) is 13.0 Å². The summed E-state index contributed by atoms with van der Waals surface area (Å²) in [5, 5.41) is 12.5. The van der Waals surface area contributed by atoms with Crippen LogP contribution in [0.5, 0.6) is 6.01 Å². The van der Waals surface area contributed by atoms with Crippen LogP contribution in [0.4, 0.5) is 11.5 Å². The second-order valence-corrected chi connectivity index (χ2v) is 11.6. The molecular weight excluding hydrogens is 510 g/mol. The number of hydrogen-bond acceptors (Lipinski definition) is 8. The molecule has 39 heavy (non-hydrogen) atoms. The third-order valence-corrected chi connectivity index (χ3v) is 9.15. The standard InChI is InChI=1S/C30H36ClN7O/c1-20-15-23(16-38(20)19-32)36(3)29-24-12-14-37(27-11-5-8-21-7-4-10-25(31)28(21)27)17-26(24)33-30(34-29)39-18-22-9-6-13-35(22)2/h4-5,7-8,10-11,20,22-23H,6,9,12-18H2,1-3H3/t20-,22?,23-/m1/s1. The number of nitrogens with zero attached hydrogens (tertiary/aromatic N) is 7. The maximum Gasteiger partial charge on any atom is 0.318 e. The first-order chi connectivity index (χ1) is 18.9. The molecule has 204 valence electrons. The lowest BCUT2D eigenvalue weighted by atomic mass is 10.0. The number of likely N-dealkylation sites (tertiary alicyclic amines) is 2. The fourth-order valence-electron chi connectivity index (χ4n) is 6.45. The lowest BCUT2D eigenvalue weighted by Gasteiger charge is -2.34. The zero-order valence-corrected chi connectivity index (χ0v) is 23.7. The molecular formula is C30H36ClN7O. The van der Waals surface area contributed by atoms with Crippen LogP contribution < -0.4 is 14.5 Å². The summed E-state index contributed by atoms with van der Waals surface area (Å²) in [6, 6.07) is 13.7. The Morgan fingerprint density at radius 3 is 2.74 bits per heavy atom. The highest BCUT2D eigenvalue weighted by Crippen LogP contribution is 2.37. The molecule has 0 amide bonds. The van der Waals surface area contributed by atoms with Crippen molar-refractivity contribution >= 4 is 33.9 Å². The lowest BCUT2D eigenvalue weighted by Crippen LogP contribution is -2.38. The first-order valence-electron chi connectivity index (χ1n) is 14.0. The van der Waals surface area contributed by atoms with Crippen molar-refractivity contribution in [2.24, 2.45) is 0 Å². The van der Waals surface area contributed by atoms with E-state index in [0.717, 1.165) is 65.3 Å². The van der Waals surface area contributed by atoms with Crippen molar-refractivity contribution in [1.82, 2.24) is 19.8 Å². The molecule has 9 heteroatoms. The summed E-state index contributed by atoms with van der Waals surface area (Å²) in [4.78, 5) is 18.8. The van der Waals surface area contributed by atoms with Crippen molar-refractivity contribution in [2.75, 3.05) is 50.1 Å². The van der Waals surface area contributed by atoms with Gasteiger partial charge in [0.2, 0.25) is 0 Å². The molecule has 3 aliphatic rings. The average molecular weight is 546 g/mol. The Balaban J connectivity index is 1.34. The van der Waals surface area contributed by atoms with Crippen molar-refractivity contribution in [3.8, 4) is 12.2 Å². The van der Waals surface area contributed by atoms with Gasteiger partial charge in [-0.3, -0.25) is 0 Å². The van der Waals surface area contributed by atoms with E-state index in [2.05, 4.69) is 66.2 Å². The molecule has 6 rings (SSSR count). The largest absolute Gasteiger partial charge is 0.462 e. The van der Waals surface area contributed by atoms with Gasteiger partial charge in [-0.15, -0.1) is 0 Å². The third-order valence-electron chi connectivity index (χ3n) is 8.83. The molecule has 8 nitrogen and oxygen atoms in total. The highest BCUT2D eigenvalue weighted by atomic mass is 35.5. The van der Waals surface area contributed by atoms with Crippen LogP contribution in [0.15, 0.2) is 36.4 Å². The Bertz CT molecular complexity index is 1400. The monoisotopic (exact) mass is 545 g/mol. The number of nitriles is 1. The van der Waals surface area contributed by atoms with E-state index >= 15 is 0 Å². The number of likely N-dealkylation sites (N-methyl/N-ethyl adjacent to an activating group) is 2. The van der Waals surface area contributed by atoms with Gasteiger partial charge in [-0.05, 0) is 63.7 Å². The predicted octanol–water partition coefficient (Wildman–Crippen LogP) is 4.70. The van der Waals surface area contributed by atoms with Crippen molar-refractivity contribution in [2.45, 2.75) is 57.3 Å². The first-order valence-corrected chi connectivity index (χ1v) is 14.3. The minimum Gasteiger partial charge on any atom is -0.462 e. The molecule has 0 aliphatic carbocycles. The summed E-state index contributed by atoms with van der Waals surface area (Å²) in [5.74, 6) is 0.933. The summed E-state index contributed by atoms with van der Waals surface area (Å²) in [7, 11) is 4.26. The number of hydrogen-bond donors (Lipinski definition) is 0. The number of anilines is 2. The molecule has 3 aromatic rings. The van der Waals surface area contributed by atoms with E-state index in [9.17, 15) is 5.26 Å². The van der Waals surface area contributed by atoms with Crippen LogP contribution >= 0.6 is 11.6 Å². The Labute approximate surface area is 235 Å². The Morgan fingerprint density at radius 2 is 2.00 bits per heavy atom. The number of rotatable bonds is 6. The Morgan fingerprint density at radius 1 is 1.18 bits per heavy atom. The summed E-state index contributed by atoms with van der Waals surface area (Å²) < 4.78 is 6.28. The molecule has 1 aromatic heterocycles. The Hall–Kier alpha value is -3.28. The van der Waals surface area contributed by atoms with Crippen LogP contribution in [0.3, 0.4) is 0 Å². The van der Waals surface area contributed by atoms with Gasteiger partial charge in [0.25, 0.3) is 0 Å². The Kier molecular flexibility index (Phi) is 7.13. The van der Waals surface area contributed by atoms with Crippen molar-refractivity contribution < 1.29 is 4.74 Å². The van der Waals surface area contributed by atoms with Crippen molar-refractivity contribution in [3.05, 3.63) is 52.7 Å². The molecule has 0 radical (unpaired) electrons. The minimum atomic E-state index is 0.211. The molecule has 1 unspecified atom stereocenters. The van der Waals surface area contributed by atoms with Crippen molar-refractivity contribution in [3.63, 3.8) is 0 Å². The van der Waals surface area contributed by atoms with Gasteiger partial charge in [0.1, 0.15) is 12.4 Å². The topological polar surface area (TPSA) is 71.8 Å². The predicted molar refractivity (Wildman–Crippen MR) is 155 cm³/mol. The molecule has 2 saturated heterocycles. The van der Waals surface area contributed by atoms with Gasteiger partial charge in [0, 0.05) is 48.9 Å². The zero-order chi connectivity index (χ0) is 27.1. The maximum atomic E-state index is 9.56. The molecule has 0 N–H and O–H groups in total. The quantitative estimate of drug-likeness (QED) is 0.413. The van der Waals surface area contributed by atoms with E-state index < -0.39 is 0 Å². The van der Waals surface area contributed by atoms with Crippen LogP contribution in [-0.4, -0.2) is 78.2 Å². The molecule has 0 saturated carbocycles.